The number of hydrogen-bond donors (Lipinski definition) is 2. The predicted octanol–water partition coefficient (Wildman–Crippen LogP) is -0.452. The highest BCUT2D eigenvalue weighted by atomic mass is 16.6. The summed E-state index contributed by atoms with van der Waals surface area (Å²) in [5.41, 5.74) is -0.200. The summed E-state index contributed by atoms with van der Waals surface area (Å²) in [5, 5.41) is 24.7. The molecular weight excluding hydrogens is 244 g/mol. The molecule has 0 spiro atoms. The minimum absolute atomic E-state index is 0.0640. The van der Waals surface area contributed by atoms with Crippen molar-refractivity contribution in [1.82, 2.24) is 15.1 Å². The quantitative estimate of drug-likeness (QED) is 0.402. The van der Waals surface area contributed by atoms with Gasteiger partial charge in [-0.3, -0.25) is 19.6 Å². The van der Waals surface area contributed by atoms with Gasteiger partial charge in [-0.1, -0.05) is 6.08 Å². The summed E-state index contributed by atoms with van der Waals surface area (Å²) in [6, 6.07) is 0. The normalized spacial score (nSPS) is 10.4. The Morgan fingerprint density at radius 3 is 2.89 bits per heavy atom. The lowest BCUT2D eigenvalue weighted by Crippen LogP contribution is -2.27. The molecule has 0 aliphatic rings. The van der Waals surface area contributed by atoms with Gasteiger partial charge in [0.25, 0.3) is 0 Å². The van der Waals surface area contributed by atoms with Crippen LogP contribution in [0, 0.1) is 10.1 Å². The number of carbonyl (C=O) groups is 2. The third kappa shape index (κ3) is 4.43. The molecule has 9 heteroatoms. The molecule has 2 N–H and O–H groups in total. The molecule has 1 aromatic rings. The maximum atomic E-state index is 11.3. The van der Waals surface area contributed by atoms with Crippen LogP contribution in [0.4, 0.5) is 5.69 Å². The van der Waals surface area contributed by atoms with Crippen molar-refractivity contribution in [3.63, 3.8) is 0 Å². The Kier molecular flexibility index (Phi) is 4.55. The number of hydrogen-bond acceptors (Lipinski definition) is 5. The molecule has 96 valence electrons. The van der Waals surface area contributed by atoms with Gasteiger partial charge in [0.15, 0.2) is 0 Å². The third-order valence-corrected chi connectivity index (χ3v) is 1.81. The van der Waals surface area contributed by atoms with Crippen LogP contribution in [0.3, 0.4) is 0 Å². The highest BCUT2D eigenvalue weighted by Crippen LogP contribution is 2.07. The number of amides is 1. The van der Waals surface area contributed by atoms with Gasteiger partial charge in [-0.05, 0) is 0 Å². The maximum Gasteiger partial charge on any atom is 0.328 e. The number of nitrogens with zero attached hydrogens (tertiary/aromatic N) is 3. The molecule has 0 bridgehead atoms. The summed E-state index contributed by atoms with van der Waals surface area (Å²) in [4.78, 5) is 31.2. The molecule has 1 amide bonds. The molecule has 0 fully saturated rings. The van der Waals surface area contributed by atoms with Gasteiger partial charge in [0, 0.05) is 12.6 Å². The average Bonchev–Trinajstić information content (AvgIpc) is 2.72. The van der Waals surface area contributed by atoms with E-state index in [1.165, 1.54) is 6.08 Å². The van der Waals surface area contributed by atoms with Gasteiger partial charge in [-0.25, -0.2) is 4.79 Å². The minimum Gasteiger partial charge on any atom is -0.478 e. The third-order valence-electron chi connectivity index (χ3n) is 1.81. The maximum absolute atomic E-state index is 11.3. The van der Waals surface area contributed by atoms with Crippen LogP contribution in [-0.2, 0) is 16.1 Å². The molecule has 1 heterocycles. The predicted molar refractivity (Wildman–Crippen MR) is 58.7 cm³/mol. The van der Waals surface area contributed by atoms with Crippen LogP contribution in [0.15, 0.2) is 24.5 Å². The number of carboxylic acids is 1. The minimum atomic E-state index is -1.10. The zero-order valence-electron chi connectivity index (χ0n) is 9.15. The van der Waals surface area contributed by atoms with Crippen molar-refractivity contribution in [1.29, 1.82) is 0 Å². The molecule has 0 radical (unpaired) electrons. The number of carboxylic acid groups (broad SMARTS) is 1. The number of rotatable bonds is 6. The highest BCUT2D eigenvalue weighted by molar-refractivity contribution is 5.80. The second kappa shape index (κ2) is 6.13. The van der Waals surface area contributed by atoms with Crippen LogP contribution in [0.1, 0.15) is 0 Å². The Balaban J connectivity index is 2.40. The van der Waals surface area contributed by atoms with Crippen molar-refractivity contribution in [3.8, 4) is 0 Å². The second-order valence-electron chi connectivity index (χ2n) is 3.20. The number of carbonyl (C=O) groups excluding carboxylic acids is 1. The van der Waals surface area contributed by atoms with Crippen molar-refractivity contribution in [3.05, 3.63) is 34.7 Å². The van der Waals surface area contributed by atoms with Gasteiger partial charge in [-0.15, -0.1) is 0 Å². The molecule has 0 aliphatic heterocycles. The first-order valence-corrected chi connectivity index (χ1v) is 4.82. The second-order valence-corrected chi connectivity index (χ2v) is 3.20. The molecule has 1 rings (SSSR count). The van der Waals surface area contributed by atoms with Gasteiger partial charge in [0.2, 0.25) is 5.91 Å². The largest absolute Gasteiger partial charge is 0.478 e. The molecule has 1 aromatic heterocycles. The average molecular weight is 254 g/mol. The van der Waals surface area contributed by atoms with E-state index in [-0.39, 0.29) is 18.8 Å². The van der Waals surface area contributed by atoms with Crippen molar-refractivity contribution in [2.24, 2.45) is 0 Å². The van der Waals surface area contributed by atoms with E-state index in [1.54, 1.807) is 0 Å². The Morgan fingerprint density at radius 2 is 2.33 bits per heavy atom. The molecule has 9 nitrogen and oxygen atoms in total. The smallest absolute Gasteiger partial charge is 0.328 e. The van der Waals surface area contributed by atoms with E-state index in [2.05, 4.69) is 10.4 Å². The fourth-order valence-electron chi connectivity index (χ4n) is 1.07. The van der Waals surface area contributed by atoms with Crippen molar-refractivity contribution < 1.29 is 19.6 Å². The topological polar surface area (TPSA) is 127 Å². The molecule has 0 aromatic carbocycles. The Bertz CT molecular complexity index is 493. The Labute approximate surface area is 101 Å². The number of nitro groups is 1. The molecule has 0 aliphatic carbocycles. The van der Waals surface area contributed by atoms with Crippen molar-refractivity contribution in [2.75, 3.05) is 6.54 Å². The van der Waals surface area contributed by atoms with Gasteiger partial charge in [-0.2, -0.15) is 5.10 Å². The number of nitrogens with one attached hydrogen (secondary N) is 1. The first kappa shape index (κ1) is 13.4. The standard InChI is InChI=1S/C9H10N4O5/c14-8(10-3-1-2-9(15)16)6-12-5-7(4-11-12)13(17)18/h1-2,4-5H,3,6H2,(H,10,14)(H,15,16)/b2-1+. The first-order valence-electron chi connectivity index (χ1n) is 4.82. The van der Waals surface area contributed by atoms with Crippen LogP contribution >= 0.6 is 0 Å². The SMILES string of the molecule is O=C(O)/C=C/CNC(=O)Cn1cc([N+](=O)[O-])cn1. The lowest BCUT2D eigenvalue weighted by molar-refractivity contribution is -0.385. The summed E-state index contributed by atoms with van der Waals surface area (Å²) in [7, 11) is 0. The zero-order valence-corrected chi connectivity index (χ0v) is 9.15. The summed E-state index contributed by atoms with van der Waals surface area (Å²) >= 11 is 0. The molecule has 18 heavy (non-hydrogen) atoms. The molecule has 0 unspecified atom stereocenters. The molecule has 0 atom stereocenters. The van der Waals surface area contributed by atoms with Crippen molar-refractivity contribution in [2.45, 2.75) is 6.54 Å². The summed E-state index contributed by atoms with van der Waals surface area (Å²) < 4.78 is 1.12. The summed E-state index contributed by atoms with van der Waals surface area (Å²) in [5.74, 6) is -1.53. The van der Waals surface area contributed by atoms with E-state index >= 15 is 0 Å². The van der Waals surface area contributed by atoms with Gasteiger partial charge >= 0.3 is 11.7 Å². The monoisotopic (exact) mass is 254 g/mol. The van der Waals surface area contributed by atoms with E-state index < -0.39 is 16.8 Å². The molecule has 0 saturated heterocycles. The van der Waals surface area contributed by atoms with E-state index in [0.717, 1.165) is 23.2 Å². The van der Waals surface area contributed by atoms with E-state index in [9.17, 15) is 19.7 Å². The lowest BCUT2D eigenvalue weighted by Gasteiger charge is -2.01. The van der Waals surface area contributed by atoms with Gasteiger partial charge < -0.3 is 10.4 Å². The van der Waals surface area contributed by atoms with Crippen LogP contribution in [0.25, 0.3) is 0 Å². The van der Waals surface area contributed by atoms with Gasteiger partial charge in [0.1, 0.15) is 18.9 Å². The Morgan fingerprint density at radius 1 is 1.61 bits per heavy atom. The highest BCUT2D eigenvalue weighted by Gasteiger charge is 2.10. The van der Waals surface area contributed by atoms with Crippen LogP contribution in [0.2, 0.25) is 0 Å². The van der Waals surface area contributed by atoms with Crippen molar-refractivity contribution >= 4 is 17.6 Å². The fourth-order valence-corrected chi connectivity index (χ4v) is 1.07. The number of aliphatic carboxylic acids is 1. The van der Waals surface area contributed by atoms with Crippen LogP contribution in [0.5, 0.6) is 0 Å². The summed E-state index contributed by atoms with van der Waals surface area (Å²) in [6.45, 7) is -0.108. The van der Waals surface area contributed by atoms with E-state index in [0.29, 0.717) is 0 Å². The number of aromatic nitrogens is 2. The Hall–Kier alpha value is -2.71. The zero-order chi connectivity index (χ0) is 13.5. The van der Waals surface area contributed by atoms with Gasteiger partial charge in [0.05, 0.1) is 4.92 Å². The van der Waals surface area contributed by atoms with E-state index in [4.69, 9.17) is 5.11 Å². The first-order chi connectivity index (χ1) is 8.49. The van der Waals surface area contributed by atoms with E-state index in [1.807, 2.05) is 0 Å². The molecular formula is C9H10N4O5. The molecule has 0 saturated carbocycles. The van der Waals surface area contributed by atoms with Crippen LogP contribution < -0.4 is 5.32 Å². The lowest BCUT2D eigenvalue weighted by atomic mass is 10.4. The van der Waals surface area contributed by atoms with Crippen LogP contribution in [-0.4, -0.2) is 38.2 Å². The summed E-state index contributed by atoms with van der Waals surface area (Å²) in [6.07, 6.45) is 4.34. The fraction of sp³-hybridized carbons (Fsp3) is 0.222.